The van der Waals surface area contributed by atoms with Gasteiger partial charge in [0.25, 0.3) is 0 Å². The molecule has 0 spiro atoms. The topological polar surface area (TPSA) is 50.7 Å². The van der Waals surface area contributed by atoms with Crippen LogP contribution in [0.3, 0.4) is 0 Å². The van der Waals surface area contributed by atoms with E-state index < -0.39 is 6.10 Å². The minimum atomic E-state index is -0.525. The summed E-state index contributed by atoms with van der Waals surface area (Å²) >= 11 is 6.03. The number of halogens is 1. The van der Waals surface area contributed by atoms with Gasteiger partial charge in [-0.3, -0.25) is 0 Å². The summed E-state index contributed by atoms with van der Waals surface area (Å²) in [5, 5.41) is 13.6. The summed E-state index contributed by atoms with van der Waals surface area (Å²) in [5.74, 6) is 0. The fourth-order valence-corrected chi connectivity index (χ4v) is 1.93. The highest BCUT2D eigenvalue weighted by Crippen LogP contribution is 2.15. The first-order chi connectivity index (χ1) is 10.2. The Bertz CT molecular complexity index is 376. The Morgan fingerprint density at radius 2 is 2.05 bits per heavy atom. The summed E-state index contributed by atoms with van der Waals surface area (Å²) in [6.45, 7) is 5.56. The third kappa shape index (κ3) is 9.06. The Kier molecular flexibility index (Phi) is 10.5. The van der Waals surface area contributed by atoms with Gasteiger partial charge in [0.15, 0.2) is 0 Å². The minimum Gasteiger partial charge on any atom is -0.389 e. The van der Waals surface area contributed by atoms with Gasteiger partial charge in [0.2, 0.25) is 0 Å². The van der Waals surface area contributed by atoms with Crippen LogP contribution in [0.1, 0.15) is 25.3 Å². The Hall–Kier alpha value is -0.650. The van der Waals surface area contributed by atoms with Gasteiger partial charge in [-0.05, 0) is 18.1 Å². The highest BCUT2D eigenvalue weighted by Gasteiger charge is 2.05. The first-order valence-corrected chi connectivity index (χ1v) is 7.89. The zero-order valence-corrected chi connectivity index (χ0v) is 13.4. The molecule has 4 nitrogen and oxygen atoms in total. The van der Waals surface area contributed by atoms with Crippen molar-refractivity contribution in [2.45, 2.75) is 32.5 Å². The lowest BCUT2D eigenvalue weighted by Crippen LogP contribution is -2.32. The van der Waals surface area contributed by atoms with Crippen molar-refractivity contribution >= 4 is 11.6 Å². The van der Waals surface area contributed by atoms with Crippen LogP contribution in [0.2, 0.25) is 5.02 Å². The molecule has 2 N–H and O–H groups in total. The van der Waals surface area contributed by atoms with Crippen LogP contribution in [0.5, 0.6) is 0 Å². The van der Waals surface area contributed by atoms with Crippen LogP contribution < -0.4 is 5.32 Å². The molecule has 0 aliphatic rings. The van der Waals surface area contributed by atoms with Crippen LogP contribution >= 0.6 is 11.6 Å². The standard InChI is InChI=1S/C16H26ClNO3/c1-2-3-9-20-10-8-18-11-15(19)13-21-12-14-6-4-5-7-16(14)17/h4-7,15,18-19H,2-3,8-13H2,1H3. The number of unbranched alkanes of at least 4 members (excludes halogenated alkanes) is 1. The zero-order valence-electron chi connectivity index (χ0n) is 12.7. The SMILES string of the molecule is CCCCOCCNCC(O)COCc1ccccc1Cl. The van der Waals surface area contributed by atoms with Crippen LogP contribution in [0.25, 0.3) is 0 Å². The fourth-order valence-electron chi connectivity index (χ4n) is 1.74. The summed E-state index contributed by atoms with van der Waals surface area (Å²) in [7, 11) is 0. The van der Waals surface area contributed by atoms with Crippen molar-refractivity contribution in [3.05, 3.63) is 34.9 Å². The van der Waals surface area contributed by atoms with Crippen molar-refractivity contribution in [3.63, 3.8) is 0 Å². The maximum Gasteiger partial charge on any atom is 0.0897 e. The predicted octanol–water partition coefficient (Wildman–Crippen LogP) is 2.62. The Morgan fingerprint density at radius 1 is 1.24 bits per heavy atom. The van der Waals surface area contributed by atoms with Crippen LogP contribution in [0.15, 0.2) is 24.3 Å². The van der Waals surface area contributed by atoms with Crippen molar-refractivity contribution in [1.29, 1.82) is 0 Å². The quantitative estimate of drug-likeness (QED) is 0.582. The summed E-state index contributed by atoms with van der Waals surface area (Å²) in [4.78, 5) is 0. The average Bonchev–Trinajstić information content (AvgIpc) is 2.48. The lowest BCUT2D eigenvalue weighted by Gasteiger charge is -2.13. The van der Waals surface area contributed by atoms with E-state index in [0.29, 0.717) is 24.8 Å². The molecule has 1 aromatic carbocycles. The second-order valence-electron chi connectivity index (χ2n) is 4.93. The average molecular weight is 316 g/mol. The van der Waals surface area contributed by atoms with Gasteiger partial charge in [-0.1, -0.05) is 43.1 Å². The molecule has 1 atom stereocenters. The van der Waals surface area contributed by atoms with Gasteiger partial charge in [-0.15, -0.1) is 0 Å². The van der Waals surface area contributed by atoms with E-state index in [1.807, 2.05) is 24.3 Å². The molecule has 0 aliphatic carbocycles. The van der Waals surface area contributed by atoms with Crippen LogP contribution in [0, 0.1) is 0 Å². The van der Waals surface area contributed by atoms with E-state index in [1.165, 1.54) is 0 Å². The van der Waals surface area contributed by atoms with Gasteiger partial charge >= 0.3 is 0 Å². The van der Waals surface area contributed by atoms with E-state index >= 15 is 0 Å². The lowest BCUT2D eigenvalue weighted by atomic mass is 10.2. The van der Waals surface area contributed by atoms with E-state index in [1.54, 1.807) is 0 Å². The highest BCUT2D eigenvalue weighted by atomic mass is 35.5. The van der Waals surface area contributed by atoms with E-state index in [2.05, 4.69) is 12.2 Å². The van der Waals surface area contributed by atoms with Crippen molar-refractivity contribution in [3.8, 4) is 0 Å². The number of benzene rings is 1. The van der Waals surface area contributed by atoms with Gasteiger partial charge in [0.1, 0.15) is 0 Å². The second kappa shape index (κ2) is 12.0. The van der Waals surface area contributed by atoms with Gasteiger partial charge in [0.05, 0.1) is 25.9 Å². The molecular formula is C16H26ClNO3. The number of hydrogen-bond donors (Lipinski definition) is 2. The van der Waals surface area contributed by atoms with E-state index in [4.69, 9.17) is 21.1 Å². The molecule has 0 fully saturated rings. The first-order valence-electron chi connectivity index (χ1n) is 7.51. The maximum absolute atomic E-state index is 9.78. The van der Waals surface area contributed by atoms with Crippen molar-refractivity contribution in [1.82, 2.24) is 5.32 Å². The number of aliphatic hydroxyl groups excluding tert-OH is 1. The summed E-state index contributed by atoms with van der Waals surface area (Å²) in [6.07, 6.45) is 1.72. The largest absolute Gasteiger partial charge is 0.389 e. The van der Waals surface area contributed by atoms with Gasteiger partial charge in [-0.25, -0.2) is 0 Å². The second-order valence-corrected chi connectivity index (χ2v) is 5.34. The van der Waals surface area contributed by atoms with E-state index in [0.717, 1.165) is 31.6 Å². The molecule has 0 aliphatic heterocycles. The number of ether oxygens (including phenoxy) is 2. The molecule has 0 aromatic heterocycles. The summed E-state index contributed by atoms with van der Waals surface area (Å²) in [6, 6.07) is 7.55. The van der Waals surface area contributed by atoms with Gasteiger partial charge < -0.3 is 19.9 Å². The number of rotatable bonds is 12. The molecule has 0 bridgehead atoms. The molecule has 0 heterocycles. The van der Waals surface area contributed by atoms with Gasteiger partial charge in [0, 0.05) is 24.7 Å². The van der Waals surface area contributed by atoms with E-state index in [-0.39, 0.29) is 6.61 Å². The Balaban J connectivity index is 1.99. The third-order valence-corrected chi connectivity index (χ3v) is 3.34. The molecule has 0 amide bonds. The summed E-state index contributed by atoms with van der Waals surface area (Å²) in [5.41, 5.74) is 0.934. The number of hydrogen-bond acceptors (Lipinski definition) is 4. The lowest BCUT2D eigenvalue weighted by molar-refractivity contribution is 0.0278. The Labute approximate surface area is 132 Å². The normalized spacial score (nSPS) is 12.5. The highest BCUT2D eigenvalue weighted by molar-refractivity contribution is 6.31. The zero-order chi connectivity index (χ0) is 15.3. The monoisotopic (exact) mass is 315 g/mol. The molecule has 1 aromatic rings. The molecule has 5 heteroatoms. The molecule has 0 saturated carbocycles. The molecule has 1 unspecified atom stereocenters. The first kappa shape index (κ1) is 18.4. The van der Waals surface area contributed by atoms with Crippen molar-refractivity contribution in [2.75, 3.05) is 32.9 Å². The van der Waals surface area contributed by atoms with Crippen LogP contribution in [-0.2, 0) is 16.1 Å². The fraction of sp³-hybridized carbons (Fsp3) is 0.625. The molecule has 0 radical (unpaired) electrons. The number of nitrogens with one attached hydrogen (secondary N) is 1. The Morgan fingerprint density at radius 3 is 2.81 bits per heavy atom. The predicted molar refractivity (Wildman–Crippen MR) is 85.7 cm³/mol. The number of aliphatic hydroxyl groups is 1. The smallest absolute Gasteiger partial charge is 0.0897 e. The van der Waals surface area contributed by atoms with Crippen molar-refractivity contribution in [2.24, 2.45) is 0 Å². The third-order valence-electron chi connectivity index (χ3n) is 2.97. The molecule has 1 rings (SSSR count). The molecule has 0 saturated heterocycles. The summed E-state index contributed by atoms with van der Waals surface area (Å²) < 4.78 is 10.9. The van der Waals surface area contributed by atoms with Gasteiger partial charge in [-0.2, -0.15) is 0 Å². The molecular weight excluding hydrogens is 290 g/mol. The van der Waals surface area contributed by atoms with E-state index in [9.17, 15) is 5.11 Å². The van der Waals surface area contributed by atoms with Crippen LogP contribution in [-0.4, -0.2) is 44.1 Å². The minimum absolute atomic E-state index is 0.287. The molecule has 120 valence electrons. The van der Waals surface area contributed by atoms with Crippen molar-refractivity contribution < 1.29 is 14.6 Å². The maximum atomic E-state index is 9.78. The molecule has 21 heavy (non-hydrogen) atoms. The van der Waals surface area contributed by atoms with Crippen LogP contribution in [0.4, 0.5) is 0 Å².